The standard InChI is InChI=1S/C15H23FN2O/c1-11(19)12-5-7-18(8-6-12)15-4-3-14(16)9-13(15)10-17-2/h3-4,9,11-12,17,19H,5-8,10H2,1-2H3. The van der Waals surface area contributed by atoms with Gasteiger partial charge in [0.2, 0.25) is 0 Å². The lowest BCUT2D eigenvalue weighted by Crippen LogP contribution is -2.37. The van der Waals surface area contributed by atoms with Crippen molar-refractivity contribution in [2.45, 2.75) is 32.4 Å². The summed E-state index contributed by atoms with van der Waals surface area (Å²) in [6.45, 7) is 4.39. The van der Waals surface area contributed by atoms with E-state index in [-0.39, 0.29) is 11.9 Å². The summed E-state index contributed by atoms with van der Waals surface area (Å²) >= 11 is 0. The van der Waals surface area contributed by atoms with Crippen molar-refractivity contribution in [1.29, 1.82) is 0 Å². The third-order valence-electron chi connectivity index (χ3n) is 3.97. The number of aliphatic hydroxyl groups excluding tert-OH is 1. The van der Waals surface area contributed by atoms with E-state index in [1.807, 2.05) is 20.0 Å². The maximum absolute atomic E-state index is 13.3. The van der Waals surface area contributed by atoms with Gasteiger partial charge in [0, 0.05) is 25.3 Å². The van der Waals surface area contributed by atoms with Crippen LogP contribution < -0.4 is 10.2 Å². The molecule has 106 valence electrons. The van der Waals surface area contributed by atoms with Crippen LogP contribution in [0.4, 0.5) is 10.1 Å². The lowest BCUT2D eigenvalue weighted by Gasteiger charge is -2.35. The Morgan fingerprint density at radius 2 is 2.11 bits per heavy atom. The molecule has 0 aliphatic carbocycles. The van der Waals surface area contributed by atoms with Crippen molar-refractivity contribution >= 4 is 5.69 Å². The fraction of sp³-hybridized carbons (Fsp3) is 0.600. The van der Waals surface area contributed by atoms with Gasteiger partial charge in [-0.25, -0.2) is 4.39 Å². The van der Waals surface area contributed by atoms with Gasteiger partial charge in [0.1, 0.15) is 5.82 Å². The molecule has 3 nitrogen and oxygen atoms in total. The van der Waals surface area contributed by atoms with Gasteiger partial charge in [0.15, 0.2) is 0 Å². The van der Waals surface area contributed by atoms with Crippen LogP contribution in [0, 0.1) is 11.7 Å². The van der Waals surface area contributed by atoms with Crippen molar-refractivity contribution in [3.8, 4) is 0 Å². The van der Waals surface area contributed by atoms with E-state index in [0.717, 1.165) is 37.2 Å². The molecule has 1 heterocycles. The van der Waals surface area contributed by atoms with Crippen molar-refractivity contribution < 1.29 is 9.50 Å². The van der Waals surface area contributed by atoms with Gasteiger partial charge in [-0.05, 0) is 56.5 Å². The van der Waals surface area contributed by atoms with Gasteiger partial charge in [0.25, 0.3) is 0 Å². The molecule has 0 amide bonds. The van der Waals surface area contributed by atoms with Crippen LogP contribution in [0.15, 0.2) is 18.2 Å². The molecule has 1 aliphatic heterocycles. The third kappa shape index (κ3) is 3.45. The highest BCUT2D eigenvalue weighted by Crippen LogP contribution is 2.28. The van der Waals surface area contributed by atoms with Crippen molar-refractivity contribution in [3.05, 3.63) is 29.6 Å². The van der Waals surface area contributed by atoms with Crippen LogP contribution in [0.2, 0.25) is 0 Å². The quantitative estimate of drug-likeness (QED) is 0.876. The van der Waals surface area contributed by atoms with Gasteiger partial charge in [-0.15, -0.1) is 0 Å². The Hall–Kier alpha value is -1.13. The van der Waals surface area contributed by atoms with Crippen LogP contribution in [-0.2, 0) is 6.54 Å². The fourth-order valence-corrected chi connectivity index (χ4v) is 2.82. The molecule has 1 aromatic carbocycles. The number of hydrogen-bond donors (Lipinski definition) is 2. The Labute approximate surface area is 114 Å². The normalized spacial score (nSPS) is 18.6. The number of anilines is 1. The molecule has 0 radical (unpaired) electrons. The first kappa shape index (κ1) is 14.3. The Morgan fingerprint density at radius 1 is 1.42 bits per heavy atom. The molecule has 0 spiro atoms. The molecule has 2 rings (SSSR count). The Bertz CT molecular complexity index is 415. The smallest absolute Gasteiger partial charge is 0.123 e. The number of benzene rings is 1. The minimum Gasteiger partial charge on any atom is -0.393 e. The Morgan fingerprint density at radius 3 is 2.68 bits per heavy atom. The molecule has 1 atom stereocenters. The van der Waals surface area contributed by atoms with E-state index in [0.29, 0.717) is 12.5 Å². The lowest BCUT2D eigenvalue weighted by molar-refractivity contribution is 0.110. The minimum absolute atomic E-state index is 0.187. The molecule has 1 saturated heterocycles. The Balaban J connectivity index is 2.10. The van der Waals surface area contributed by atoms with Gasteiger partial charge in [-0.1, -0.05) is 0 Å². The number of aliphatic hydroxyl groups is 1. The molecular weight excluding hydrogens is 243 g/mol. The summed E-state index contributed by atoms with van der Waals surface area (Å²) in [4.78, 5) is 2.30. The fourth-order valence-electron chi connectivity index (χ4n) is 2.82. The Kier molecular flexibility index (Phi) is 4.77. The molecule has 1 unspecified atom stereocenters. The van der Waals surface area contributed by atoms with Gasteiger partial charge in [-0.2, -0.15) is 0 Å². The van der Waals surface area contributed by atoms with Crippen molar-refractivity contribution in [2.24, 2.45) is 5.92 Å². The van der Waals surface area contributed by atoms with E-state index in [1.165, 1.54) is 6.07 Å². The summed E-state index contributed by atoms with van der Waals surface area (Å²) in [6, 6.07) is 4.99. The van der Waals surface area contributed by atoms with Crippen molar-refractivity contribution in [3.63, 3.8) is 0 Å². The molecule has 19 heavy (non-hydrogen) atoms. The average Bonchev–Trinajstić information content (AvgIpc) is 2.39. The molecule has 0 saturated carbocycles. The SMILES string of the molecule is CNCc1cc(F)ccc1N1CCC(C(C)O)CC1. The number of hydrogen-bond acceptors (Lipinski definition) is 3. The van der Waals surface area contributed by atoms with Gasteiger partial charge in [0.05, 0.1) is 6.10 Å². The highest BCUT2D eigenvalue weighted by Gasteiger charge is 2.23. The molecule has 4 heteroatoms. The number of nitrogens with zero attached hydrogens (tertiary/aromatic N) is 1. The summed E-state index contributed by atoms with van der Waals surface area (Å²) in [5, 5.41) is 12.7. The largest absolute Gasteiger partial charge is 0.393 e. The lowest BCUT2D eigenvalue weighted by atomic mass is 9.91. The van der Waals surface area contributed by atoms with Crippen LogP contribution in [0.3, 0.4) is 0 Å². The van der Waals surface area contributed by atoms with Crippen molar-refractivity contribution in [1.82, 2.24) is 5.32 Å². The second kappa shape index (κ2) is 6.35. The predicted octanol–water partition coefficient (Wildman–Crippen LogP) is 2.14. The highest BCUT2D eigenvalue weighted by molar-refractivity contribution is 5.54. The molecular formula is C15H23FN2O. The monoisotopic (exact) mass is 266 g/mol. The van der Waals surface area contributed by atoms with E-state index in [1.54, 1.807) is 6.07 Å². The minimum atomic E-state index is -0.229. The van der Waals surface area contributed by atoms with Crippen LogP contribution in [0.1, 0.15) is 25.3 Å². The number of halogens is 1. The molecule has 1 aromatic rings. The number of piperidine rings is 1. The second-order valence-corrected chi connectivity index (χ2v) is 5.37. The van der Waals surface area contributed by atoms with E-state index in [2.05, 4.69) is 10.2 Å². The topological polar surface area (TPSA) is 35.5 Å². The number of rotatable bonds is 4. The van der Waals surface area contributed by atoms with E-state index in [9.17, 15) is 9.50 Å². The van der Waals surface area contributed by atoms with E-state index >= 15 is 0 Å². The van der Waals surface area contributed by atoms with Gasteiger partial charge in [-0.3, -0.25) is 0 Å². The molecule has 1 aliphatic rings. The predicted molar refractivity (Wildman–Crippen MR) is 75.8 cm³/mol. The van der Waals surface area contributed by atoms with Crippen LogP contribution >= 0.6 is 0 Å². The first-order chi connectivity index (χ1) is 9.11. The van der Waals surface area contributed by atoms with E-state index in [4.69, 9.17) is 0 Å². The first-order valence-electron chi connectivity index (χ1n) is 6.98. The summed E-state index contributed by atoms with van der Waals surface area (Å²) in [5.41, 5.74) is 2.11. The van der Waals surface area contributed by atoms with Crippen LogP contribution in [0.25, 0.3) is 0 Å². The van der Waals surface area contributed by atoms with E-state index < -0.39 is 0 Å². The zero-order valence-electron chi connectivity index (χ0n) is 11.7. The molecule has 1 fully saturated rings. The van der Waals surface area contributed by atoms with Gasteiger partial charge >= 0.3 is 0 Å². The van der Waals surface area contributed by atoms with Crippen LogP contribution in [-0.4, -0.2) is 31.3 Å². The average molecular weight is 266 g/mol. The summed E-state index contributed by atoms with van der Waals surface area (Å²) < 4.78 is 13.3. The zero-order chi connectivity index (χ0) is 13.8. The third-order valence-corrected chi connectivity index (χ3v) is 3.97. The first-order valence-corrected chi connectivity index (χ1v) is 6.98. The maximum atomic E-state index is 13.3. The maximum Gasteiger partial charge on any atom is 0.123 e. The summed E-state index contributed by atoms with van der Waals surface area (Å²) in [7, 11) is 1.87. The molecule has 0 bridgehead atoms. The number of nitrogens with one attached hydrogen (secondary N) is 1. The highest BCUT2D eigenvalue weighted by atomic mass is 19.1. The van der Waals surface area contributed by atoms with Crippen molar-refractivity contribution in [2.75, 3.05) is 25.0 Å². The molecule has 0 aromatic heterocycles. The van der Waals surface area contributed by atoms with Gasteiger partial charge < -0.3 is 15.3 Å². The second-order valence-electron chi connectivity index (χ2n) is 5.37. The van der Waals surface area contributed by atoms with Crippen LogP contribution in [0.5, 0.6) is 0 Å². The zero-order valence-corrected chi connectivity index (χ0v) is 11.7. The summed E-state index contributed by atoms with van der Waals surface area (Å²) in [5.74, 6) is 0.206. The molecule has 2 N–H and O–H groups in total. The summed E-state index contributed by atoms with van der Waals surface area (Å²) in [6.07, 6.45) is 1.76.